The van der Waals surface area contributed by atoms with E-state index in [0.717, 1.165) is 24.9 Å². The second-order valence-electron chi connectivity index (χ2n) is 7.38. The van der Waals surface area contributed by atoms with Crippen molar-refractivity contribution in [1.82, 2.24) is 5.32 Å². The zero-order valence-electron chi connectivity index (χ0n) is 12.5. The number of benzene rings is 1. The van der Waals surface area contributed by atoms with Gasteiger partial charge in [-0.1, -0.05) is 30.3 Å². The van der Waals surface area contributed by atoms with E-state index < -0.39 is 5.60 Å². The monoisotopic (exact) mass is 306 g/mol. The van der Waals surface area contributed by atoms with Crippen molar-refractivity contribution >= 4 is 0 Å². The fourth-order valence-corrected chi connectivity index (χ4v) is 5.29. The van der Waals surface area contributed by atoms with E-state index in [9.17, 15) is 5.11 Å². The van der Waals surface area contributed by atoms with Gasteiger partial charge in [-0.3, -0.25) is 0 Å². The Bertz CT molecular complexity index is 447. The third-order valence-corrected chi connectivity index (χ3v) is 6.13. The van der Waals surface area contributed by atoms with Crippen molar-refractivity contribution < 1.29 is 17.5 Å². The summed E-state index contributed by atoms with van der Waals surface area (Å²) in [5.41, 5.74) is 0.877. The van der Waals surface area contributed by atoms with Crippen LogP contribution < -0.4 is 17.7 Å². The summed E-state index contributed by atoms with van der Waals surface area (Å²) in [7, 11) is 0. The molecule has 0 amide bonds. The Morgan fingerprint density at radius 2 is 1.52 bits per heavy atom. The van der Waals surface area contributed by atoms with Crippen molar-refractivity contribution in [2.75, 3.05) is 6.54 Å². The van der Waals surface area contributed by atoms with Crippen molar-refractivity contribution in [3.63, 3.8) is 0 Å². The van der Waals surface area contributed by atoms with E-state index in [-0.39, 0.29) is 12.4 Å². The van der Waals surface area contributed by atoms with Crippen LogP contribution >= 0.6 is 0 Å². The fraction of sp³-hybridized carbons (Fsp3) is 0.667. The van der Waals surface area contributed by atoms with Crippen LogP contribution in [0, 0.1) is 23.7 Å². The van der Waals surface area contributed by atoms with Crippen molar-refractivity contribution in [3.05, 3.63) is 35.9 Å². The molecular weight excluding hydrogens is 282 g/mol. The van der Waals surface area contributed by atoms with E-state index in [2.05, 4.69) is 35.6 Å². The summed E-state index contributed by atoms with van der Waals surface area (Å²) in [6.07, 6.45) is 6.54. The average Bonchev–Trinajstić information content (AvgIpc) is 2.45. The largest absolute Gasteiger partial charge is 1.00 e. The second-order valence-corrected chi connectivity index (χ2v) is 7.38. The number of nitrogens with one attached hydrogen (secondary N) is 1. The average molecular weight is 307 g/mol. The van der Waals surface area contributed by atoms with E-state index in [1.54, 1.807) is 0 Å². The van der Waals surface area contributed by atoms with Gasteiger partial charge in [0.2, 0.25) is 0 Å². The summed E-state index contributed by atoms with van der Waals surface area (Å²) in [6.45, 7) is 1.64. The molecule has 0 unspecified atom stereocenters. The Kier molecular flexibility index (Phi) is 4.31. The number of aliphatic hydroxyl groups is 1. The smallest absolute Gasteiger partial charge is 0.0827 e. The summed E-state index contributed by atoms with van der Waals surface area (Å²) in [5, 5.41) is 14.7. The lowest BCUT2D eigenvalue weighted by molar-refractivity contribution is -0.169. The normalized spacial score (nSPS) is 40.0. The molecular formula is C18H25ClNO-. The number of hydrogen-bond acceptors (Lipinski definition) is 2. The predicted molar refractivity (Wildman–Crippen MR) is 80.1 cm³/mol. The lowest BCUT2D eigenvalue weighted by Crippen LogP contribution is -3.00. The van der Waals surface area contributed by atoms with Gasteiger partial charge in [0, 0.05) is 13.1 Å². The van der Waals surface area contributed by atoms with Gasteiger partial charge in [0.1, 0.15) is 0 Å². The molecule has 2 nitrogen and oxygen atoms in total. The molecule has 0 saturated heterocycles. The second kappa shape index (κ2) is 5.91. The summed E-state index contributed by atoms with van der Waals surface area (Å²) < 4.78 is 0. The third-order valence-electron chi connectivity index (χ3n) is 6.13. The molecule has 0 aromatic heterocycles. The van der Waals surface area contributed by atoms with E-state index in [4.69, 9.17) is 0 Å². The van der Waals surface area contributed by atoms with Crippen LogP contribution in [0.4, 0.5) is 0 Å². The van der Waals surface area contributed by atoms with Gasteiger partial charge in [-0.15, -0.1) is 0 Å². The summed E-state index contributed by atoms with van der Waals surface area (Å²) in [5.74, 6) is 2.96. The summed E-state index contributed by atoms with van der Waals surface area (Å²) in [6, 6.07) is 10.5. The van der Waals surface area contributed by atoms with E-state index in [1.807, 2.05) is 0 Å². The van der Waals surface area contributed by atoms with Gasteiger partial charge in [0.05, 0.1) is 5.60 Å². The molecule has 116 valence electrons. The Hall–Kier alpha value is -0.570. The molecule has 0 heterocycles. The molecule has 4 fully saturated rings. The lowest BCUT2D eigenvalue weighted by atomic mass is 9.50. The van der Waals surface area contributed by atoms with Gasteiger partial charge in [-0.05, 0) is 61.3 Å². The highest BCUT2D eigenvalue weighted by Gasteiger charge is 2.56. The van der Waals surface area contributed by atoms with Gasteiger partial charge in [0.15, 0.2) is 0 Å². The highest BCUT2D eigenvalue weighted by Crippen LogP contribution is 2.58. The molecule has 1 aromatic rings. The minimum atomic E-state index is -0.428. The molecule has 0 atom stereocenters. The SMILES string of the molecule is OC1(CNCc2ccccc2)C2CC3CC(C2)CC1C3.[Cl-]. The summed E-state index contributed by atoms with van der Waals surface area (Å²) in [4.78, 5) is 0. The first kappa shape index (κ1) is 15.3. The van der Waals surface area contributed by atoms with Crippen LogP contribution in [-0.4, -0.2) is 17.3 Å². The van der Waals surface area contributed by atoms with Crippen molar-refractivity contribution in [2.24, 2.45) is 23.7 Å². The van der Waals surface area contributed by atoms with Crippen molar-refractivity contribution in [3.8, 4) is 0 Å². The first-order valence-electron chi connectivity index (χ1n) is 8.21. The molecule has 4 aliphatic carbocycles. The number of rotatable bonds is 4. The maximum absolute atomic E-state index is 11.2. The zero-order valence-corrected chi connectivity index (χ0v) is 13.2. The topological polar surface area (TPSA) is 32.3 Å². The molecule has 5 rings (SSSR count). The highest BCUT2D eigenvalue weighted by atomic mass is 35.5. The minimum Gasteiger partial charge on any atom is -1.00 e. The fourth-order valence-electron chi connectivity index (χ4n) is 5.29. The summed E-state index contributed by atoms with van der Waals surface area (Å²) >= 11 is 0. The molecule has 2 N–H and O–H groups in total. The van der Waals surface area contributed by atoms with Crippen LogP contribution in [0.25, 0.3) is 0 Å². The van der Waals surface area contributed by atoms with Crippen molar-refractivity contribution in [2.45, 2.75) is 44.2 Å². The Morgan fingerprint density at radius 1 is 0.952 bits per heavy atom. The molecule has 21 heavy (non-hydrogen) atoms. The Balaban J connectivity index is 0.00000132. The molecule has 4 saturated carbocycles. The molecule has 4 bridgehead atoms. The number of hydrogen-bond donors (Lipinski definition) is 2. The third kappa shape index (κ3) is 2.74. The predicted octanol–water partition coefficient (Wildman–Crippen LogP) is -0.0326. The van der Waals surface area contributed by atoms with E-state index in [0.29, 0.717) is 11.8 Å². The van der Waals surface area contributed by atoms with Crippen LogP contribution in [0.1, 0.15) is 37.7 Å². The first-order chi connectivity index (χ1) is 9.74. The molecule has 3 heteroatoms. The Labute approximate surface area is 133 Å². The minimum absolute atomic E-state index is 0. The van der Waals surface area contributed by atoms with Crippen LogP contribution in [0.3, 0.4) is 0 Å². The molecule has 1 aromatic carbocycles. The zero-order chi connectivity index (χ0) is 13.6. The van der Waals surface area contributed by atoms with Gasteiger partial charge < -0.3 is 22.8 Å². The first-order valence-corrected chi connectivity index (χ1v) is 8.21. The molecule has 0 radical (unpaired) electrons. The number of halogens is 1. The van der Waals surface area contributed by atoms with Crippen LogP contribution in [0.5, 0.6) is 0 Å². The highest BCUT2D eigenvalue weighted by molar-refractivity contribution is 5.15. The molecule has 0 aliphatic heterocycles. The van der Waals surface area contributed by atoms with Crippen LogP contribution in [0.15, 0.2) is 30.3 Å². The van der Waals surface area contributed by atoms with Gasteiger partial charge in [-0.2, -0.15) is 0 Å². The van der Waals surface area contributed by atoms with Gasteiger partial charge >= 0.3 is 0 Å². The Morgan fingerprint density at radius 3 is 2.10 bits per heavy atom. The van der Waals surface area contributed by atoms with Gasteiger partial charge in [0.25, 0.3) is 0 Å². The van der Waals surface area contributed by atoms with Crippen LogP contribution in [-0.2, 0) is 6.54 Å². The van der Waals surface area contributed by atoms with Gasteiger partial charge in [-0.25, -0.2) is 0 Å². The maximum Gasteiger partial charge on any atom is 0.0827 e. The quantitative estimate of drug-likeness (QED) is 0.819. The van der Waals surface area contributed by atoms with E-state index >= 15 is 0 Å². The molecule has 0 spiro atoms. The van der Waals surface area contributed by atoms with Crippen molar-refractivity contribution in [1.29, 1.82) is 0 Å². The standard InChI is InChI=1S/C18H25NO.ClH/c20-18(12-19-11-13-4-2-1-3-5-13)16-7-14-6-15(9-16)10-17(18)8-14;/h1-5,14-17,19-20H,6-12H2;1H/p-1. The van der Waals surface area contributed by atoms with Crippen LogP contribution in [0.2, 0.25) is 0 Å². The van der Waals surface area contributed by atoms with E-state index in [1.165, 1.54) is 37.7 Å². The molecule has 4 aliphatic rings. The maximum atomic E-state index is 11.2. The lowest BCUT2D eigenvalue weighted by Gasteiger charge is -2.59.